The highest BCUT2D eigenvalue weighted by molar-refractivity contribution is 6.34. The highest BCUT2D eigenvalue weighted by Gasteiger charge is 2.17. The van der Waals surface area contributed by atoms with Gasteiger partial charge in [-0.25, -0.2) is 0 Å². The Morgan fingerprint density at radius 3 is 2.77 bits per heavy atom. The van der Waals surface area contributed by atoms with Crippen molar-refractivity contribution >= 4 is 28.9 Å². The molecular formula is C16H19ClN4O. The van der Waals surface area contributed by atoms with Gasteiger partial charge in [0.2, 0.25) is 0 Å². The predicted molar refractivity (Wildman–Crippen MR) is 88.2 cm³/mol. The first-order valence-electron chi connectivity index (χ1n) is 7.22. The van der Waals surface area contributed by atoms with Crippen LogP contribution >= 0.6 is 11.6 Å². The molecule has 0 atom stereocenters. The average molecular weight is 319 g/mol. The van der Waals surface area contributed by atoms with Gasteiger partial charge in [-0.2, -0.15) is 5.26 Å². The zero-order valence-electron chi connectivity index (χ0n) is 12.5. The van der Waals surface area contributed by atoms with E-state index in [1.807, 2.05) is 11.0 Å². The molecule has 1 aliphatic heterocycles. The minimum atomic E-state index is -0.465. The summed E-state index contributed by atoms with van der Waals surface area (Å²) in [5.41, 5.74) is 6.64. The van der Waals surface area contributed by atoms with E-state index in [2.05, 4.69) is 12.2 Å². The van der Waals surface area contributed by atoms with Gasteiger partial charge < -0.3 is 16.0 Å². The third-order valence-electron chi connectivity index (χ3n) is 3.74. The predicted octanol–water partition coefficient (Wildman–Crippen LogP) is 3.00. The minimum Gasteiger partial charge on any atom is -0.399 e. The maximum Gasteiger partial charge on any atom is 0.267 e. The van der Waals surface area contributed by atoms with Gasteiger partial charge in [-0.05, 0) is 37.0 Å². The number of halogens is 1. The number of amides is 1. The van der Waals surface area contributed by atoms with E-state index in [-0.39, 0.29) is 5.57 Å². The molecule has 1 amide bonds. The molecule has 0 aromatic heterocycles. The summed E-state index contributed by atoms with van der Waals surface area (Å²) >= 11 is 6.02. The normalized spacial score (nSPS) is 16.2. The maximum absolute atomic E-state index is 12.2. The molecule has 1 saturated heterocycles. The zero-order valence-corrected chi connectivity index (χ0v) is 13.2. The van der Waals surface area contributed by atoms with Crippen molar-refractivity contribution < 1.29 is 4.79 Å². The quantitative estimate of drug-likeness (QED) is 0.510. The first kappa shape index (κ1) is 16.2. The van der Waals surface area contributed by atoms with Crippen LogP contribution in [-0.2, 0) is 4.79 Å². The van der Waals surface area contributed by atoms with E-state index in [0.717, 1.165) is 25.9 Å². The summed E-state index contributed by atoms with van der Waals surface area (Å²) in [5, 5.41) is 12.2. The van der Waals surface area contributed by atoms with Crippen LogP contribution in [0.3, 0.4) is 0 Å². The lowest BCUT2D eigenvalue weighted by atomic mass is 9.99. The van der Waals surface area contributed by atoms with E-state index in [4.69, 9.17) is 17.3 Å². The summed E-state index contributed by atoms with van der Waals surface area (Å²) in [4.78, 5) is 14.2. The van der Waals surface area contributed by atoms with Gasteiger partial charge in [0.15, 0.2) is 0 Å². The fourth-order valence-corrected chi connectivity index (χ4v) is 2.54. The van der Waals surface area contributed by atoms with Crippen molar-refractivity contribution in [3.05, 3.63) is 35.0 Å². The smallest absolute Gasteiger partial charge is 0.267 e. The van der Waals surface area contributed by atoms with Crippen molar-refractivity contribution in [2.24, 2.45) is 5.92 Å². The molecule has 0 aliphatic carbocycles. The van der Waals surface area contributed by atoms with E-state index < -0.39 is 5.91 Å². The summed E-state index contributed by atoms with van der Waals surface area (Å²) in [6, 6.07) is 6.77. The lowest BCUT2D eigenvalue weighted by molar-refractivity contribution is -0.112. The van der Waals surface area contributed by atoms with Crippen molar-refractivity contribution in [1.29, 1.82) is 5.26 Å². The number of nitrogens with one attached hydrogen (secondary N) is 1. The molecule has 0 spiro atoms. The van der Waals surface area contributed by atoms with Crippen LogP contribution in [-0.4, -0.2) is 23.9 Å². The molecule has 116 valence electrons. The van der Waals surface area contributed by atoms with Crippen molar-refractivity contribution in [2.75, 3.05) is 24.1 Å². The average Bonchev–Trinajstić information content (AvgIpc) is 2.49. The number of rotatable bonds is 3. The molecule has 1 fully saturated rings. The van der Waals surface area contributed by atoms with Crippen LogP contribution in [0.15, 0.2) is 30.0 Å². The fourth-order valence-electron chi connectivity index (χ4n) is 2.30. The van der Waals surface area contributed by atoms with Crippen LogP contribution in [0.4, 0.5) is 11.4 Å². The number of piperidine rings is 1. The summed E-state index contributed by atoms with van der Waals surface area (Å²) in [7, 11) is 0. The largest absolute Gasteiger partial charge is 0.399 e. The van der Waals surface area contributed by atoms with Crippen molar-refractivity contribution in [2.45, 2.75) is 19.8 Å². The topological polar surface area (TPSA) is 82.2 Å². The van der Waals surface area contributed by atoms with Gasteiger partial charge in [0.05, 0.1) is 10.7 Å². The number of nitriles is 1. The van der Waals surface area contributed by atoms with Gasteiger partial charge in [-0.3, -0.25) is 4.79 Å². The Balaban J connectivity index is 2.07. The summed E-state index contributed by atoms with van der Waals surface area (Å²) in [6.45, 7) is 3.94. The summed E-state index contributed by atoms with van der Waals surface area (Å²) in [6.07, 6.45) is 3.77. The van der Waals surface area contributed by atoms with E-state index in [1.54, 1.807) is 24.4 Å². The lowest BCUT2D eigenvalue weighted by Crippen LogP contribution is -2.29. The Kier molecular flexibility index (Phi) is 5.29. The number of carbonyl (C=O) groups is 1. The second-order valence-corrected chi connectivity index (χ2v) is 5.97. The van der Waals surface area contributed by atoms with Gasteiger partial charge in [0.1, 0.15) is 11.6 Å². The van der Waals surface area contributed by atoms with Crippen LogP contribution in [0.2, 0.25) is 5.02 Å². The number of carbonyl (C=O) groups excluding carboxylic acids is 1. The van der Waals surface area contributed by atoms with Crippen LogP contribution in [0.5, 0.6) is 0 Å². The number of nitrogens with two attached hydrogens (primary N) is 1. The molecule has 0 bridgehead atoms. The number of hydrogen-bond acceptors (Lipinski definition) is 4. The molecule has 2 rings (SSSR count). The molecule has 5 nitrogen and oxygen atoms in total. The Morgan fingerprint density at radius 1 is 1.50 bits per heavy atom. The first-order valence-corrected chi connectivity index (χ1v) is 7.59. The molecule has 3 N–H and O–H groups in total. The van der Waals surface area contributed by atoms with E-state index in [1.165, 1.54) is 0 Å². The number of likely N-dealkylation sites (tertiary alicyclic amines) is 1. The molecule has 1 aromatic rings. The third kappa shape index (κ3) is 4.15. The van der Waals surface area contributed by atoms with Crippen LogP contribution in [0, 0.1) is 17.2 Å². The molecule has 0 unspecified atom stereocenters. The van der Waals surface area contributed by atoms with E-state index in [9.17, 15) is 10.1 Å². The Bertz CT molecular complexity index is 628. The second-order valence-electron chi connectivity index (χ2n) is 5.57. The summed E-state index contributed by atoms with van der Waals surface area (Å²) < 4.78 is 0. The first-order chi connectivity index (χ1) is 10.5. The number of benzene rings is 1. The highest BCUT2D eigenvalue weighted by atomic mass is 35.5. The van der Waals surface area contributed by atoms with Crippen LogP contribution in [0.1, 0.15) is 19.8 Å². The van der Waals surface area contributed by atoms with Gasteiger partial charge >= 0.3 is 0 Å². The van der Waals surface area contributed by atoms with E-state index in [0.29, 0.717) is 22.3 Å². The Labute approximate surface area is 135 Å². The van der Waals surface area contributed by atoms with Gasteiger partial charge in [-0.1, -0.05) is 18.5 Å². The highest BCUT2D eigenvalue weighted by Crippen LogP contribution is 2.24. The van der Waals surface area contributed by atoms with Crippen molar-refractivity contribution in [3.63, 3.8) is 0 Å². The van der Waals surface area contributed by atoms with Crippen LogP contribution < -0.4 is 11.1 Å². The summed E-state index contributed by atoms with van der Waals surface area (Å²) in [5.74, 6) is 0.227. The fraction of sp³-hybridized carbons (Fsp3) is 0.375. The molecule has 1 aliphatic rings. The van der Waals surface area contributed by atoms with Gasteiger partial charge in [-0.15, -0.1) is 0 Å². The molecule has 1 heterocycles. The number of anilines is 2. The molecule has 0 radical (unpaired) electrons. The number of nitrogen functional groups attached to an aromatic ring is 1. The Morgan fingerprint density at radius 2 is 2.18 bits per heavy atom. The van der Waals surface area contributed by atoms with Crippen molar-refractivity contribution in [3.8, 4) is 6.07 Å². The van der Waals surface area contributed by atoms with Gasteiger partial charge in [0.25, 0.3) is 5.91 Å². The lowest BCUT2D eigenvalue weighted by Gasteiger charge is -2.29. The molecule has 1 aromatic carbocycles. The SMILES string of the molecule is CC1CCN(/C=C(/C#N)C(=O)Nc2ccc(N)cc2Cl)CC1. The van der Waals surface area contributed by atoms with Crippen molar-refractivity contribution in [1.82, 2.24) is 4.90 Å². The molecule has 6 heteroatoms. The Hall–Kier alpha value is -2.19. The van der Waals surface area contributed by atoms with Crippen LogP contribution in [0.25, 0.3) is 0 Å². The molecule has 22 heavy (non-hydrogen) atoms. The van der Waals surface area contributed by atoms with E-state index >= 15 is 0 Å². The minimum absolute atomic E-state index is 0.0717. The zero-order chi connectivity index (χ0) is 16.1. The number of nitrogens with zero attached hydrogens (tertiary/aromatic N) is 2. The monoisotopic (exact) mass is 318 g/mol. The molecule has 0 saturated carbocycles. The maximum atomic E-state index is 12.2. The van der Waals surface area contributed by atoms with Gasteiger partial charge in [0, 0.05) is 25.0 Å². The number of hydrogen-bond donors (Lipinski definition) is 2. The molecular weight excluding hydrogens is 300 g/mol. The second kappa shape index (κ2) is 7.19. The standard InChI is InChI=1S/C16H19ClN4O/c1-11-4-6-21(7-5-11)10-12(9-18)16(22)20-15-3-2-13(19)8-14(15)17/h2-3,8,10-11H,4-7,19H2,1H3,(H,20,22)/b12-10-. The third-order valence-corrected chi connectivity index (χ3v) is 4.05.